The molecular weight excluding hydrogens is 300 g/mol. The van der Waals surface area contributed by atoms with Gasteiger partial charge in [0.1, 0.15) is 11.6 Å². The quantitative estimate of drug-likeness (QED) is 0.834. The molecule has 2 aromatic rings. The molecule has 0 bridgehead atoms. The minimum absolute atomic E-state index is 0.223. The van der Waals surface area contributed by atoms with Crippen molar-refractivity contribution in [2.75, 3.05) is 5.75 Å². The highest BCUT2D eigenvalue weighted by Gasteiger charge is 2.12. The summed E-state index contributed by atoms with van der Waals surface area (Å²) in [5.74, 6) is 0.00699. The zero-order valence-corrected chi connectivity index (χ0v) is 12.2. The summed E-state index contributed by atoms with van der Waals surface area (Å²) in [7, 11) is 0. The summed E-state index contributed by atoms with van der Waals surface area (Å²) in [5.41, 5.74) is 6.45. The molecule has 0 amide bonds. The first kappa shape index (κ1) is 15.3. The average molecular weight is 314 g/mol. The molecule has 1 atom stereocenters. The van der Waals surface area contributed by atoms with E-state index >= 15 is 0 Å². The summed E-state index contributed by atoms with van der Waals surface area (Å²) in [5, 5.41) is 0.396. The molecule has 0 radical (unpaired) electrons. The van der Waals surface area contributed by atoms with E-state index in [0.717, 1.165) is 4.90 Å². The van der Waals surface area contributed by atoms with Gasteiger partial charge in [0.15, 0.2) is 0 Å². The Morgan fingerprint density at radius 1 is 1.10 bits per heavy atom. The van der Waals surface area contributed by atoms with Crippen LogP contribution in [0.4, 0.5) is 8.78 Å². The van der Waals surface area contributed by atoms with Crippen molar-refractivity contribution < 1.29 is 8.78 Å². The topological polar surface area (TPSA) is 26.0 Å². The van der Waals surface area contributed by atoms with Gasteiger partial charge in [0.2, 0.25) is 0 Å². The smallest absolute Gasteiger partial charge is 0.127 e. The highest BCUT2D eigenvalue weighted by atomic mass is 35.5. The lowest BCUT2D eigenvalue weighted by Crippen LogP contribution is -2.26. The van der Waals surface area contributed by atoms with Gasteiger partial charge in [-0.05, 0) is 42.8 Å². The fourth-order valence-electron chi connectivity index (χ4n) is 1.78. The Balaban J connectivity index is 1.92. The first-order valence-electron chi connectivity index (χ1n) is 6.13. The number of thioether (sulfide) groups is 1. The van der Waals surface area contributed by atoms with Crippen LogP contribution in [0.2, 0.25) is 5.02 Å². The van der Waals surface area contributed by atoms with Crippen LogP contribution in [0.15, 0.2) is 47.4 Å². The fraction of sp³-hybridized carbons (Fsp3) is 0.200. The summed E-state index contributed by atoms with van der Waals surface area (Å²) >= 11 is 7.48. The van der Waals surface area contributed by atoms with E-state index in [0.29, 0.717) is 22.8 Å². The molecule has 106 valence electrons. The zero-order valence-electron chi connectivity index (χ0n) is 10.7. The third-order valence-electron chi connectivity index (χ3n) is 2.81. The largest absolute Gasteiger partial charge is 0.327 e. The van der Waals surface area contributed by atoms with Crippen LogP contribution in [0.5, 0.6) is 0 Å². The summed E-state index contributed by atoms with van der Waals surface area (Å²) in [6, 6.07) is 10.6. The average Bonchev–Trinajstić information content (AvgIpc) is 2.42. The van der Waals surface area contributed by atoms with Gasteiger partial charge >= 0.3 is 0 Å². The normalized spacial score (nSPS) is 12.4. The molecule has 0 aromatic heterocycles. The van der Waals surface area contributed by atoms with E-state index in [1.54, 1.807) is 24.3 Å². The molecule has 0 aliphatic heterocycles. The van der Waals surface area contributed by atoms with Crippen LogP contribution in [0, 0.1) is 11.6 Å². The maximum absolute atomic E-state index is 13.6. The highest BCUT2D eigenvalue weighted by molar-refractivity contribution is 7.99. The lowest BCUT2D eigenvalue weighted by Gasteiger charge is -2.13. The summed E-state index contributed by atoms with van der Waals surface area (Å²) < 4.78 is 26.4. The SMILES string of the molecule is NC(CSc1ccc(F)cc1)Cc1c(F)cccc1Cl. The van der Waals surface area contributed by atoms with Crippen molar-refractivity contribution in [3.8, 4) is 0 Å². The predicted molar refractivity (Wildman–Crippen MR) is 80.2 cm³/mol. The van der Waals surface area contributed by atoms with E-state index in [1.807, 2.05) is 0 Å². The second kappa shape index (κ2) is 7.07. The molecule has 0 fully saturated rings. The van der Waals surface area contributed by atoms with Crippen molar-refractivity contribution in [3.05, 3.63) is 64.7 Å². The Hall–Kier alpha value is -1.10. The monoisotopic (exact) mass is 313 g/mol. The van der Waals surface area contributed by atoms with Gasteiger partial charge in [-0.1, -0.05) is 17.7 Å². The van der Waals surface area contributed by atoms with E-state index in [9.17, 15) is 8.78 Å². The van der Waals surface area contributed by atoms with Crippen LogP contribution >= 0.6 is 23.4 Å². The molecule has 0 saturated heterocycles. The van der Waals surface area contributed by atoms with Gasteiger partial charge in [-0.3, -0.25) is 0 Å². The molecule has 0 spiro atoms. The van der Waals surface area contributed by atoms with Crippen molar-refractivity contribution in [2.24, 2.45) is 5.73 Å². The number of nitrogens with two attached hydrogens (primary N) is 1. The van der Waals surface area contributed by atoms with Crippen LogP contribution in [-0.4, -0.2) is 11.8 Å². The van der Waals surface area contributed by atoms with E-state index in [4.69, 9.17) is 17.3 Å². The third kappa shape index (κ3) is 4.20. The molecule has 0 aliphatic carbocycles. The van der Waals surface area contributed by atoms with Crippen LogP contribution in [0.25, 0.3) is 0 Å². The van der Waals surface area contributed by atoms with Crippen molar-refractivity contribution in [1.29, 1.82) is 0 Å². The van der Waals surface area contributed by atoms with Crippen LogP contribution in [0.3, 0.4) is 0 Å². The Morgan fingerprint density at radius 2 is 1.80 bits per heavy atom. The molecule has 1 nitrogen and oxygen atoms in total. The van der Waals surface area contributed by atoms with E-state index in [-0.39, 0.29) is 17.7 Å². The Bertz CT molecular complexity index is 554. The molecular formula is C15H14ClF2NS. The lowest BCUT2D eigenvalue weighted by atomic mass is 10.1. The second-order valence-electron chi connectivity index (χ2n) is 4.43. The maximum atomic E-state index is 13.6. The van der Waals surface area contributed by atoms with E-state index in [1.165, 1.54) is 30.0 Å². The predicted octanol–water partition coefficient (Wildman–Crippen LogP) is 4.28. The number of rotatable bonds is 5. The molecule has 2 N–H and O–H groups in total. The van der Waals surface area contributed by atoms with E-state index < -0.39 is 0 Å². The number of hydrogen-bond acceptors (Lipinski definition) is 2. The van der Waals surface area contributed by atoms with E-state index in [2.05, 4.69) is 0 Å². The minimum atomic E-state index is -0.334. The Labute approximate surface area is 126 Å². The summed E-state index contributed by atoms with van der Waals surface area (Å²) in [4.78, 5) is 0.932. The molecule has 1 unspecified atom stereocenters. The van der Waals surface area contributed by atoms with Crippen LogP contribution < -0.4 is 5.73 Å². The summed E-state index contributed by atoms with van der Waals surface area (Å²) in [6.45, 7) is 0. The third-order valence-corrected chi connectivity index (χ3v) is 4.36. The van der Waals surface area contributed by atoms with Gasteiger partial charge in [0.05, 0.1) is 0 Å². The fourth-order valence-corrected chi connectivity index (χ4v) is 2.88. The van der Waals surface area contributed by atoms with Gasteiger partial charge in [-0.25, -0.2) is 8.78 Å². The van der Waals surface area contributed by atoms with Gasteiger partial charge in [0.25, 0.3) is 0 Å². The second-order valence-corrected chi connectivity index (χ2v) is 5.93. The first-order valence-corrected chi connectivity index (χ1v) is 7.49. The molecule has 5 heteroatoms. The standard InChI is InChI=1S/C15H14ClF2NS/c16-14-2-1-3-15(18)13(14)8-11(19)9-20-12-6-4-10(17)5-7-12/h1-7,11H,8-9,19H2. The van der Waals surface area contributed by atoms with Crippen molar-refractivity contribution >= 4 is 23.4 Å². The van der Waals surface area contributed by atoms with Gasteiger partial charge in [-0.15, -0.1) is 11.8 Å². The van der Waals surface area contributed by atoms with Crippen molar-refractivity contribution in [1.82, 2.24) is 0 Å². The molecule has 0 saturated carbocycles. The highest BCUT2D eigenvalue weighted by Crippen LogP contribution is 2.23. The molecule has 0 heterocycles. The lowest BCUT2D eigenvalue weighted by molar-refractivity contribution is 0.597. The van der Waals surface area contributed by atoms with Crippen molar-refractivity contribution in [3.63, 3.8) is 0 Å². The molecule has 20 heavy (non-hydrogen) atoms. The number of halogens is 3. The van der Waals surface area contributed by atoms with Crippen molar-refractivity contribution in [2.45, 2.75) is 17.4 Å². The van der Waals surface area contributed by atoms with Gasteiger partial charge < -0.3 is 5.73 Å². The molecule has 2 aromatic carbocycles. The maximum Gasteiger partial charge on any atom is 0.127 e. The Kier molecular flexibility index (Phi) is 5.40. The van der Waals surface area contributed by atoms with Gasteiger partial charge in [-0.2, -0.15) is 0 Å². The van der Waals surface area contributed by atoms with Gasteiger partial charge in [0, 0.05) is 27.3 Å². The first-order chi connectivity index (χ1) is 9.56. The molecule has 2 rings (SSSR count). The van der Waals surface area contributed by atoms with Crippen LogP contribution in [0.1, 0.15) is 5.56 Å². The zero-order chi connectivity index (χ0) is 14.5. The number of benzene rings is 2. The summed E-state index contributed by atoms with van der Waals surface area (Å²) in [6.07, 6.45) is 0.375. The Morgan fingerprint density at radius 3 is 2.45 bits per heavy atom. The number of hydrogen-bond donors (Lipinski definition) is 1. The molecule has 0 aliphatic rings. The van der Waals surface area contributed by atoms with Crippen LogP contribution in [-0.2, 0) is 6.42 Å². The minimum Gasteiger partial charge on any atom is -0.327 e.